The van der Waals surface area contributed by atoms with Gasteiger partial charge in [-0.25, -0.2) is 0 Å². The lowest BCUT2D eigenvalue weighted by Crippen LogP contribution is -2.15. The Morgan fingerprint density at radius 2 is 2.21 bits per heavy atom. The Morgan fingerprint density at radius 1 is 1.32 bits per heavy atom. The van der Waals surface area contributed by atoms with E-state index in [1.54, 1.807) is 0 Å². The molecule has 1 aliphatic carbocycles. The summed E-state index contributed by atoms with van der Waals surface area (Å²) in [5.41, 5.74) is 1.36. The van der Waals surface area contributed by atoms with Crippen LogP contribution in [-0.2, 0) is 11.3 Å². The average molecular weight is 342 g/mol. The molecule has 1 aromatic rings. The zero-order valence-electron chi connectivity index (χ0n) is 11.0. The van der Waals surface area contributed by atoms with Crippen LogP contribution < -0.4 is 5.32 Å². The standard InChI is InChI=1S/C15H20BrNOS/c16-14-8-11(9-17-12-4-5-12)3-6-15(14)19-10-13-2-1-7-18-13/h3,6,8,12-13,17H,1-2,4-5,7,9-10H2. The molecule has 1 aromatic carbocycles. The van der Waals surface area contributed by atoms with Crippen molar-refractivity contribution in [1.82, 2.24) is 5.32 Å². The van der Waals surface area contributed by atoms with Gasteiger partial charge in [0.1, 0.15) is 0 Å². The van der Waals surface area contributed by atoms with Crippen LogP contribution in [0.5, 0.6) is 0 Å². The topological polar surface area (TPSA) is 21.3 Å². The third-order valence-electron chi connectivity index (χ3n) is 3.62. The van der Waals surface area contributed by atoms with E-state index < -0.39 is 0 Å². The number of thioether (sulfide) groups is 1. The van der Waals surface area contributed by atoms with Gasteiger partial charge in [0.25, 0.3) is 0 Å². The number of rotatable bonds is 6. The Morgan fingerprint density at radius 3 is 2.89 bits per heavy atom. The molecular formula is C15H20BrNOS. The van der Waals surface area contributed by atoms with E-state index >= 15 is 0 Å². The van der Waals surface area contributed by atoms with Crippen LogP contribution in [-0.4, -0.2) is 24.5 Å². The van der Waals surface area contributed by atoms with Gasteiger partial charge in [-0.3, -0.25) is 0 Å². The van der Waals surface area contributed by atoms with Crippen molar-refractivity contribution in [3.05, 3.63) is 28.2 Å². The molecule has 0 amide bonds. The van der Waals surface area contributed by atoms with Gasteiger partial charge >= 0.3 is 0 Å². The molecule has 104 valence electrons. The minimum atomic E-state index is 0.452. The van der Waals surface area contributed by atoms with Crippen molar-refractivity contribution in [2.45, 2.75) is 49.3 Å². The number of hydrogen-bond donors (Lipinski definition) is 1. The Bertz CT molecular complexity index is 430. The quantitative estimate of drug-likeness (QED) is 0.791. The molecule has 19 heavy (non-hydrogen) atoms. The number of benzene rings is 1. The van der Waals surface area contributed by atoms with E-state index in [1.807, 2.05) is 11.8 Å². The molecule has 1 atom stereocenters. The fourth-order valence-electron chi connectivity index (χ4n) is 2.28. The molecule has 1 saturated heterocycles. The van der Waals surface area contributed by atoms with Gasteiger partial charge in [0.05, 0.1) is 6.10 Å². The fourth-order valence-corrected chi connectivity index (χ4v) is 4.04. The highest BCUT2D eigenvalue weighted by atomic mass is 79.9. The molecule has 1 aliphatic heterocycles. The molecular weight excluding hydrogens is 322 g/mol. The van der Waals surface area contributed by atoms with Crippen LogP contribution in [0.15, 0.2) is 27.6 Å². The fraction of sp³-hybridized carbons (Fsp3) is 0.600. The molecule has 0 aromatic heterocycles. The van der Waals surface area contributed by atoms with Gasteiger partial charge in [0, 0.05) is 34.3 Å². The number of ether oxygens (including phenoxy) is 1. The molecule has 1 N–H and O–H groups in total. The predicted octanol–water partition coefficient (Wildman–Crippen LogP) is 3.97. The van der Waals surface area contributed by atoms with E-state index in [4.69, 9.17) is 4.74 Å². The summed E-state index contributed by atoms with van der Waals surface area (Å²) < 4.78 is 6.88. The summed E-state index contributed by atoms with van der Waals surface area (Å²) in [6.45, 7) is 1.93. The lowest BCUT2D eigenvalue weighted by Gasteiger charge is -2.11. The summed E-state index contributed by atoms with van der Waals surface area (Å²) in [4.78, 5) is 1.32. The van der Waals surface area contributed by atoms with Gasteiger partial charge in [0.2, 0.25) is 0 Å². The normalized spacial score (nSPS) is 22.9. The maximum Gasteiger partial charge on any atom is 0.0669 e. The van der Waals surface area contributed by atoms with Crippen molar-refractivity contribution < 1.29 is 4.74 Å². The number of hydrogen-bond acceptors (Lipinski definition) is 3. The second-order valence-corrected chi connectivity index (χ2v) is 7.28. The van der Waals surface area contributed by atoms with Crippen molar-refractivity contribution in [1.29, 1.82) is 0 Å². The molecule has 1 heterocycles. The summed E-state index contributed by atoms with van der Waals surface area (Å²) in [6, 6.07) is 7.48. The molecule has 2 aliphatic rings. The third-order valence-corrected chi connectivity index (χ3v) is 5.74. The molecule has 2 nitrogen and oxygen atoms in total. The lowest BCUT2D eigenvalue weighted by molar-refractivity contribution is 0.129. The van der Waals surface area contributed by atoms with Crippen LogP contribution >= 0.6 is 27.7 Å². The zero-order valence-corrected chi connectivity index (χ0v) is 13.4. The van der Waals surface area contributed by atoms with Crippen LogP contribution in [0.3, 0.4) is 0 Å². The second-order valence-electron chi connectivity index (χ2n) is 5.37. The van der Waals surface area contributed by atoms with E-state index in [0.717, 1.165) is 24.9 Å². The van der Waals surface area contributed by atoms with Crippen molar-refractivity contribution in [3.63, 3.8) is 0 Å². The Labute approximate surface area is 127 Å². The molecule has 3 rings (SSSR count). The smallest absolute Gasteiger partial charge is 0.0669 e. The first kappa shape index (κ1) is 13.9. The van der Waals surface area contributed by atoms with Gasteiger partial charge in [-0.2, -0.15) is 0 Å². The third kappa shape index (κ3) is 4.22. The van der Waals surface area contributed by atoms with Crippen molar-refractivity contribution >= 4 is 27.7 Å². The average Bonchev–Trinajstić information content (AvgIpc) is 3.10. The summed E-state index contributed by atoms with van der Waals surface area (Å²) in [5.74, 6) is 1.07. The maximum absolute atomic E-state index is 5.66. The largest absolute Gasteiger partial charge is 0.377 e. The lowest BCUT2D eigenvalue weighted by atomic mass is 10.2. The molecule has 4 heteroatoms. The number of halogens is 1. The Hall–Kier alpha value is -0.0300. The van der Waals surface area contributed by atoms with Crippen LogP contribution in [0, 0.1) is 0 Å². The van der Waals surface area contributed by atoms with E-state index in [0.29, 0.717) is 6.10 Å². The second kappa shape index (κ2) is 6.61. The highest BCUT2D eigenvalue weighted by molar-refractivity contribution is 9.10. The van der Waals surface area contributed by atoms with Crippen molar-refractivity contribution in [2.75, 3.05) is 12.4 Å². The van der Waals surface area contributed by atoms with Gasteiger partial charge in [-0.1, -0.05) is 6.07 Å². The highest BCUT2D eigenvalue weighted by Crippen LogP contribution is 2.31. The van der Waals surface area contributed by atoms with Crippen LogP contribution in [0.1, 0.15) is 31.2 Å². The monoisotopic (exact) mass is 341 g/mol. The molecule has 1 unspecified atom stereocenters. The first-order chi connectivity index (χ1) is 9.31. The minimum Gasteiger partial charge on any atom is -0.377 e. The van der Waals surface area contributed by atoms with Crippen LogP contribution in [0.25, 0.3) is 0 Å². The summed E-state index contributed by atoms with van der Waals surface area (Å²) in [7, 11) is 0. The van der Waals surface area contributed by atoms with Gasteiger partial charge in [-0.05, 0) is 59.3 Å². The van der Waals surface area contributed by atoms with E-state index in [-0.39, 0.29) is 0 Å². The molecule has 1 saturated carbocycles. The molecule has 2 fully saturated rings. The number of nitrogens with one attached hydrogen (secondary N) is 1. The minimum absolute atomic E-state index is 0.452. The maximum atomic E-state index is 5.66. The molecule has 0 radical (unpaired) electrons. The first-order valence-electron chi connectivity index (χ1n) is 7.07. The van der Waals surface area contributed by atoms with E-state index in [1.165, 1.54) is 40.6 Å². The summed E-state index contributed by atoms with van der Waals surface area (Å²) >= 11 is 5.59. The Balaban J connectivity index is 1.52. The SMILES string of the molecule is Brc1cc(CNC2CC2)ccc1SCC1CCCO1. The molecule has 0 bridgehead atoms. The van der Waals surface area contributed by atoms with Gasteiger partial charge in [-0.15, -0.1) is 11.8 Å². The summed E-state index contributed by atoms with van der Waals surface area (Å²) in [6.07, 6.45) is 5.58. The van der Waals surface area contributed by atoms with Crippen LogP contribution in [0.4, 0.5) is 0 Å². The van der Waals surface area contributed by atoms with E-state index in [2.05, 4.69) is 39.4 Å². The first-order valence-corrected chi connectivity index (χ1v) is 8.85. The molecule has 0 spiro atoms. The summed E-state index contributed by atoms with van der Waals surface area (Å²) in [5, 5.41) is 3.55. The zero-order chi connectivity index (χ0) is 13.1. The Kier molecular flexibility index (Phi) is 4.85. The van der Waals surface area contributed by atoms with Crippen molar-refractivity contribution in [2.24, 2.45) is 0 Å². The van der Waals surface area contributed by atoms with Crippen LogP contribution in [0.2, 0.25) is 0 Å². The highest BCUT2D eigenvalue weighted by Gasteiger charge is 2.20. The van der Waals surface area contributed by atoms with Gasteiger partial charge < -0.3 is 10.1 Å². The van der Waals surface area contributed by atoms with E-state index in [9.17, 15) is 0 Å². The van der Waals surface area contributed by atoms with Gasteiger partial charge in [0.15, 0.2) is 0 Å². The predicted molar refractivity (Wildman–Crippen MR) is 83.7 cm³/mol. The van der Waals surface area contributed by atoms with Crippen molar-refractivity contribution in [3.8, 4) is 0 Å².